The van der Waals surface area contributed by atoms with E-state index in [9.17, 15) is 4.79 Å². The molecule has 0 aromatic heterocycles. The Kier molecular flexibility index (Phi) is 7.93. The minimum absolute atomic E-state index is 0.0236. The van der Waals surface area contributed by atoms with Crippen molar-refractivity contribution in [2.24, 2.45) is 0 Å². The Bertz CT molecular complexity index is 864. The number of ether oxygens (including phenoxy) is 2. The smallest absolute Gasteiger partial charge is 0.278 e. The van der Waals surface area contributed by atoms with Crippen molar-refractivity contribution in [3.8, 4) is 11.5 Å². The van der Waals surface area contributed by atoms with E-state index in [4.69, 9.17) is 9.47 Å². The molecule has 1 aliphatic rings. The van der Waals surface area contributed by atoms with Crippen molar-refractivity contribution in [2.75, 3.05) is 40.4 Å². The fraction of sp³-hybridized carbons (Fsp3) is 0.480. The first-order valence-corrected chi connectivity index (χ1v) is 11.2. The van der Waals surface area contributed by atoms with Crippen LogP contribution in [0.4, 0.5) is 0 Å². The van der Waals surface area contributed by atoms with Crippen LogP contribution >= 0.6 is 0 Å². The number of carbonyl (C=O) groups is 1. The van der Waals surface area contributed by atoms with E-state index in [0.29, 0.717) is 0 Å². The first kappa shape index (κ1) is 23.1. The Morgan fingerprint density at radius 2 is 1.61 bits per heavy atom. The third kappa shape index (κ3) is 5.77. The highest BCUT2D eigenvalue weighted by atomic mass is 16.5. The number of rotatable bonds is 8. The number of quaternary nitrogens is 2. The van der Waals surface area contributed by atoms with Crippen molar-refractivity contribution in [3.05, 3.63) is 59.2 Å². The van der Waals surface area contributed by atoms with Crippen molar-refractivity contribution in [1.29, 1.82) is 0 Å². The summed E-state index contributed by atoms with van der Waals surface area (Å²) in [6, 6.07) is 14.3. The number of piperazine rings is 1. The molecule has 0 saturated carbocycles. The summed E-state index contributed by atoms with van der Waals surface area (Å²) in [6.07, 6.45) is 0. The third-order valence-electron chi connectivity index (χ3n) is 6.55. The zero-order valence-corrected chi connectivity index (χ0v) is 19.5. The van der Waals surface area contributed by atoms with Gasteiger partial charge in [-0.15, -0.1) is 0 Å². The molecule has 6 heteroatoms. The van der Waals surface area contributed by atoms with Crippen LogP contribution in [0.1, 0.15) is 36.6 Å². The SMILES string of the molecule is COc1cc(C)c(C[NH+]2CC[NH+]([C@@H](C)C(=O)N[C@@H](C)c3ccccc3)CC2)cc1OC. The summed E-state index contributed by atoms with van der Waals surface area (Å²) in [4.78, 5) is 15.7. The molecule has 31 heavy (non-hydrogen) atoms. The first-order valence-electron chi connectivity index (χ1n) is 11.2. The molecule has 2 atom stereocenters. The van der Waals surface area contributed by atoms with E-state index in [0.717, 1.165) is 49.8 Å². The van der Waals surface area contributed by atoms with Crippen LogP contribution in [0.25, 0.3) is 0 Å². The molecule has 168 valence electrons. The molecular formula is C25H37N3O3+2. The van der Waals surface area contributed by atoms with Crippen molar-refractivity contribution >= 4 is 5.91 Å². The Labute approximate surface area is 186 Å². The molecule has 3 N–H and O–H groups in total. The summed E-state index contributed by atoms with van der Waals surface area (Å²) < 4.78 is 10.9. The van der Waals surface area contributed by atoms with Crippen LogP contribution in [0.3, 0.4) is 0 Å². The van der Waals surface area contributed by atoms with Gasteiger partial charge in [-0.25, -0.2) is 0 Å². The molecule has 0 spiro atoms. The number of aryl methyl sites for hydroxylation is 1. The number of benzene rings is 2. The second-order valence-corrected chi connectivity index (χ2v) is 8.58. The summed E-state index contributed by atoms with van der Waals surface area (Å²) in [5.74, 6) is 1.69. The number of carbonyl (C=O) groups excluding carboxylic acids is 1. The summed E-state index contributed by atoms with van der Waals surface area (Å²) in [6.45, 7) is 11.3. The minimum Gasteiger partial charge on any atom is -0.493 e. The quantitative estimate of drug-likeness (QED) is 0.577. The minimum atomic E-state index is -0.0458. The number of methoxy groups -OCH3 is 2. The lowest BCUT2D eigenvalue weighted by Crippen LogP contribution is -3.29. The van der Waals surface area contributed by atoms with Crippen LogP contribution in [-0.2, 0) is 11.3 Å². The predicted molar refractivity (Wildman–Crippen MR) is 122 cm³/mol. The van der Waals surface area contributed by atoms with Crippen molar-refractivity contribution in [1.82, 2.24) is 5.32 Å². The average molecular weight is 428 g/mol. The molecule has 1 aliphatic heterocycles. The van der Waals surface area contributed by atoms with Crippen molar-refractivity contribution in [2.45, 2.75) is 39.4 Å². The summed E-state index contributed by atoms with van der Waals surface area (Å²) >= 11 is 0. The van der Waals surface area contributed by atoms with Crippen LogP contribution in [0.2, 0.25) is 0 Å². The largest absolute Gasteiger partial charge is 0.493 e. The van der Waals surface area contributed by atoms with Crippen molar-refractivity contribution in [3.63, 3.8) is 0 Å². The van der Waals surface area contributed by atoms with Gasteiger partial charge >= 0.3 is 0 Å². The van der Waals surface area contributed by atoms with Gasteiger partial charge in [-0.1, -0.05) is 30.3 Å². The van der Waals surface area contributed by atoms with Gasteiger partial charge in [0.2, 0.25) is 0 Å². The van der Waals surface area contributed by atoms with E-state index < -0.39 is 0 Å². The molecule has 6 nitrogen and oxygen atoms in total. The first-order chi connectivity index (χ1) is 14.9. The van der Waals surface area contributed by atoms with Gasteiger partial charge in [0.1, 0.15) is 32.7 Å². The fourth-order valence-corrected chi connectivity index (χ4v) is 4.37. The lowest BCUT2D eigenvalue weighted by atomic mass is 10.1. The normalized spacial score (nSPS) is 20.5. The molecule has 1 fully saturated rings. The third-order valence-corrected chi connectivity index (χ3v) is 6.55. The van der Waals surface area contributed by atoms with Gasteiger partial charge in [0.25, 0.3) is 5.91 Å². The molecule has 0 bridgehead atoms. The van der Waals surface area contributed by atoms with Gasteiger partial charge in [-0.05, 0) is 44.0 Å². The molecule has 0 aliphatic carbocycles. The topological polar surface area (TPSA) is 56.4 Å². The van der Waals surface area contributed by atoms with Gasteiger partial charge in [-0.2, -0.15) is 0 Å². The van der Waals surface area contributed by atoms with Crippen LogP contribution in [0.15, 0.2) is 42.5 Å². The molecular weight excluding hydrogens is 390 g/mol. The number of amides is 1. The van der Waals surface area contributed by atoms with Gasteiger partial charge in [-0.3, -0.25) is 4.79 Å². The maximum absolute atomic E-state index is 12.8. The number of hydrogen-bond donors (Lipinski definition) is 3. The molecule has 1 amide bonds. The summed E-state index contributed by atoms with van der Waals surface area (Å²) in [5, 5.41) is 3.18. The molecule has 1 heterocycles. The average Bonchev–Trinajstić information content (AvgIpc) is 2.80. The van der Waals surface area contributed by atoms with Crippen LogP contribution in [0.5, 0.6) is 11.5 Å². The van der Waals surface area contributed by atoms with Gasteiger partial charge in [0, 0.05) is 5.56 Å². The second kappa shape index (κ2) is 10.6. The lowest BCUT2D eigenvalue weighted by molar-refractivity contribution is -1.02. The van der Waals surface area contributed by atoms with Crippen LogP contribution in [-0.4, -0.2) is 52.3 Å². The zero-order valence-electron chi connectivity index (χ0n) is 19.5. The van der Waals surface area contributed by atoms with E-state index in [1.54, 1.807) is 19.1 Å². The maximum atomic E-state index is 12.8. The lowest BCUT2D eigenvalue weighted by Gasteiger charge is -2.33. The van der Waals surface area contributed by atoms with E-state index >= 15 is 0 Å². The van der Waals surface area contributed by atoms with E-state index in [2.05, 4.69) is 36.5 Å². The Morgan fingerprint density at radius 3 is 2.23 bits per heavy atom. The zero-order chi connectivity index (χ0) is 22.4. The highest BCUT2D eigenvalue weighted by molar-refractivity contribution is 5.80. The molecule has 0 unspecified atom stereocenters. The Balaban J connectivity index is 1.53. The highest BCUT2D eigenvalue weighted by Gasteiger charge is 2.32. The van der Waals surface area contributed by atoms with E-state index in [1.807, 2.05) is 32.0 Å². The molecule has 2 aromatic rings. The van der Waals surface area contributed by atoms with Crippen molar-refractivity contribution < 1.29 is 24.1 Å². The molecule has 3 rings (SSSR count). The Morgan fingerprint density at radius 1 is 1.00 bits per heavy atom. The van der Waals surface area contributed by atoms with Gasteiger partial charge in [0.15, 0.2) is 17.5 Å². The standard InChI is InChI=1S/C25H35N3O3/c1-18-15-23(30-4)24(31-5)16-22(18)17-27-11-13-28(14-12-27)20(3)25(29)26-19(2)21-9-7-6-8-10-21/h6-10,15-16,19-20H,11-14,17H2,1-5H3,(H,26,29)/p+2/t19-,20-/m0/s1. The summed E-state index contributed by atoms with van der Waals surface area (Å²) in [5.41, 5.74) is 3.65. The predicted octanol–water partition coefficient (Wildman–Crippen LogP) is 0.562. The maximum Gasteiger partial charge on any atom is 0.278 e. The number of nitrogens with one attached hydrogen (secondary N) is 3. The fourth-order valence-electron chi connectivity index (χ4n) is 4.37. The molecule has 2 aromatic carbocycles. The monoisotopic (exact) mass is 427 g/mol. The Hall–Kier alpha value is -2.57. The van der Waals surface area contributed by atoms with Gasteiger partial charge < -0.3 is 24.6 Å². The molecule has 0 radical (unpaired) electrons. The van der Waals surface area contributed by atoms with E-state index in [1.165, 1.54) is 16.0 Å². The second-order valence-electron chi connectivity index (χ2n) is 8.58. The van der Waals surface area contributed by atoms with Crippen LogP contribution < -0.4 is 24.6 Å². The van der Waals surface area contributed by atoms with E-state index in [-0.39, 0.29) is 18.0 Å². The summed E-state index contributed by atoms with van der Waals surface area (Å²) in [7, 11) is 3.35. The van der Waals surface area contributed by atoms with Gasteiger partial charge in [0.05, 0.1) is 20.3 Å². The number of hydrogen-bond acceptors (Lipinski definition) is 3. The highest BCUT2D eigenvalue weighted by Crippen LogP contribution is 2.29. The van der Waals surface area contributed by atoms with Crippen LogP contribution in [0, 0.1) is 6.92 Å². The molecule has 1 saturated heterocycles.